The lowest BCUT2D eigenvalue weighted by atomic mass is 10.2. The largest absolute Gasteiger partial charge is 0.395 e. The predicted molar refractivity (Wildman–Crippen MR) is 73.1 cm³/mol. The van der Waals surface area contributed by atoms with Crippen LogP contribution in [0, 0.1) is 0 Å². The Hall–Kier alpha value is -2.05. The molecule has 3 N–H and O–H groups in total. The quantitative estimate of drug-likeness (QED) is 0.805. The minimum Gasteiger partial charge on any atom is -0.395 e. The van der Waals surface area contributed by atoms with E-state index in [1.807, 2.05) is 0 Å². The summed E-state index contributed by atoms with van der Waals surface area (Å²) in [5.41, 5.74) is 7.73. The molecule has 1 aromatic heterocycles. The van der Waals surface area contributed by atoms with Crippen molar-refractivity contribution in [3.63, 3.8) is 0 Å². The summed E-state index contributed by atoms with van der Waals surface area (Å²) < 4.78 is 0. The molecule has 3 rings (SSSR count). The van der Waals surface area contributed by atoms with Gasteiger partial charge in [-0.1, -0.05) is 0 Å². The number of hydrogen-bond donors (Lipinski definition) is 2. The number of nitrogens with two attached hydrogens (primary N) is 1. The molecule has 0 unspecified atom stereocenters. The van der Waals surface area contributed by atoms with E-state index in [9.17, 15) is 9.59 Å². The van der Waals surface area contributed by atoms with Crippen molar-refractivity contribution in [1.82, 2.24) is 20.0 Å². The zero-order valence-corrected chi connectivity index (χ0v) is 11.6. The summed E-state index contributed by atoms with van der Waals surface area (Å²) in [5.74, 6) is 0.347. The van der Waals surface area contributed by atoms with E-state index in [4.69, 9.17) is 5.73 Å². The number of anilines is 1. The Labute approximate surface area is 117 Å². The molecule has 7 heteroatoms. The van der Waals surface area contributed by atoms with Crippen LogP contribution in [-0.2, 0) is 4.79 Å². The van der Waals surface area contributed by atoms with Crippen LogP contribution in [0.15, 0.2) is 0 Å². The smallest absolute Gasteiger partial charge is 0.276 e. The first-order valence-corrected chi connectivity index (χ1v) is 6.96. The number of nitrogen functional groups attached to an aromatic ring is 1. The predicted octanol–water partition coefficient (Wildman–Crippen LogP) is 0.174. The highest BCUT2D eigenvalue weighted by Gasteiger charge is 2.32. The van der Waals surface area contributed by atoms with Gasteiger partial charge in [-0.3, -0.25) is 14.7 Å². The van der Waals surface area contributed by atoms with Gasteiger partial charge in [0, 0.05) is 39.0 Å². The van der Waals surface area contributed by atoms with Crippen molar-refractivity contribution in [2.24, 2.45) is 0 Å². The minimum absolute atomic E-state index is 0.0485. The Morgan fingerprint density at radius 3 is 2.35 bits per heavy atom. The van der Waals surface area contributed by atoms with Crippen LogP contribution in [0.3, 0.4) is 0 Å². The average molecular weight is 277 g/mol. The number of rotatable bonds is 2. The molecule has 1 aromatic rings. The average Bonchev–Trinajstić information content (AvgIpc) is 3.21. The van der Waals surface area contributed by atoms with Crippen LogP contribution < -0.4 is 5.73 Å². The van der Waals surface area contributed by atoms with E-state index in [1.165, 1.54) is 0 Å². The highest BCUT2D eigenvalue weighted by molar-refractivity contribution is 5.98. The Kier molecular flexibility index (Phi) is 3.11. The summed E-state index contributed by atoms with van der Waals surface area (Å²) in [4.78, 5) is 27.1. The molecule has 0 bridgehead atoms. The SMILES string of the molecule is CC(=O)N1CCN(C(=O)c2n[nH]c(C3CC3)c2N)CC1. The van der Waals surface area contributed by atoms with Crippen LogP contribution in [0.25, 0.3) is 0 Å². The number of hydrogen-bond acceptors (Lipinski definition) is 4. The fourth-order valence-electron chi connectivity index (χ4n) is 2.58. The number of carbonyl (C=O) groups is 2. The molecule has 2 fully saturated rings. The van der Waals surface area contributed by atoms with Crippen LogP contribution in [-0.4, -0.2) is 58.0 Å². The first kappa shape index (κ1) is 13.0. The molecule has 2 amide bonds. The van der Waals surface area contributed by atoms with Crippen molar-refractivity contribution in [3.8, 4) is 0 Å². The summed E-state index contributed by atoms with van der Waals surface area (Å²) in [7, 11) is 0. The van der Waals surface area contributed by atoms with Crippen LogP contribution in [0.1, 0.15) is 41.9 Å². The molecule has 0 atom stereocenters. The van der Waals surface area contributed by atoms with Crippen molar-refractivity contribution >= 4 is 17.5 Å². The molecule has 0 spiro atoms. The standard InChI is InChI=1S/C13H19N5O2/c1-8(19)17-4-6-18(7-5-17)13(20)12-10(14)11(15-16-12)9-2-3-9/h9H,2-7,14H2,1H3,(H,15,16). The second kappa shape index (κ2) is 4.81. The maximum Gasteiger partial charge on any atom is 0.276 e. The van der Waals surface area contributed by atoms with Gasteiger partial charge in [-0.15, -0.1) is 0 Å². The number of nitrogens with one attached hydrogen (secondary N) is 1. The summed E-state index contributed by atoms with van der Waals surface area (Å²) in [6.07, 6.45) is 2.22. The summed E-state index contributed by atoms with van der Waals surface area (Å²) in [6, 6.07) is 0. The van der Waals surface area contributed by atoms with Gasteiger partial charge in [0.05, 0.1) is 11.4 Å². The van der Waals surface area contributed by atoms with Crippen LogP contribution >= 0.6 is 0 Å². The fourth-order valence-corrected chi connectivity index (χ4v) is 2.58. The highest BCUT2D eigenvalue weighted by Crippen LogP contribution is 2.42. The molecule has 108 valence electrons. The van der Waals surface area contributed by atoms with Gasteiger partial charge in [-0.05, 0) is 12.8 Å². The Balaban J connectivity index is 1.69. The first-order chi connectivity index (χ1) is 9.58. The van der Waals surface area contributed by atoms with Gasteiger partial charge in [0.2, 0.25) is 5.91 Å². The van der Waals surface area contributed by atoms with Crippen LogP contribution in [0.5, 0.6) is 0 Å². The molecule has 1 aliphatic carbocycles. The number of carbonyl (C=O) groups excluding carboxylic acids is 2. The third-order valence-electron chi connectivity index (χ3n) is 4.03. The van der Waals surface area contributed by atoms with Crippen molar-refractivity contribution in [2.45, 2.75) is 25.7 Å². The zero-order chi connectivity index (χ0) is 14.3. The topological polar surface area (TPSA) is 95.3 Å². The molecule has 1 saturated carbocycles. The number of piperazine rings is 1. The second-order valence-corrected chi connectivity index (χ2v) is 5.47. The van der Waals surface area contributed by atoms with Crippen LogP contribution in [0.4, 0.5) is 5.69 Å². The molecule has 2 heterocycles. The minimum atomic E-state index is -0.145. The molecular weight excluding hydrogens is 258 g/mol. The van der Waals surface area contributed by atoms with E-state index < -0.39 is 0 Å². The zero-order valence-electron chi connectivity index (χ0n) is 11.6. The van der Waals surface area contributed by atoms with Gasteiger partial charge < -0.3 is 15.5 Å². The Morgan fingerprint density at radius 2 is 1.80 bits per heavy atom. The third kappa shape index (κ3) is 2.23. The van der Waals surface area contributed by atoms with Gasteiger partial charge in [0.15, 0.2) is 5.69 Å². The molecule has 0 aromatic carbocycles. The number of aromatic nitrogens is 2. The van der Waals surface area contributed by atoms with E-state index in [-0.39, 0.29) is 11.8 Å². The first-order valence-electron chi connectivity index (χ1n) is 6.96. The molecule has 7 nitrogen and oxygen atoms in total. The van der Waals surface area contributed by atoms with Gasteiger partial charge in [0.25, 0.3) is 5.91 Å². The van der Waals surface area contributed by atoms with E-state index in [0.29, 0.717) is 43.5 Å². The summed E-state index contributed by atoms with van der Waals surface area (Å²) in [6.45, 7) is 3.75. The van der Waals surface area contributed by atoms with Gasteiger partial charge >= 0.3 is 0 Å². The molecule has 1 saturated heterocycles. The van der Waals surface area contributed by atoms with Crippen molar-refractivity contribution in [1.29, 1.82) is 0 Å². The van der Waals surface area contributed by atoms with E-state index in [0.717, 1.165) is 18.5 Å². The normalized spacial score (nSPS) is 19.2. The van der Waals surface area contributed by atoms with Gasteiger partial charge in [-0.25, -0.2) is 0 Å². The fraction of sp³-hybridized carbons (Fsp3) is 0.615. The molecule has 20 heavy (non-hydrogen) atoms. The maximum atomic E-state index is 12.4. The molecule has 1 aliphatic heterocycles. The Bertz CT molecular complexity index is 541. The van der Waals surface area contributed by atoms with Gasteiger partial charge in [0.1, 0.15) is 0 Å². The lowest BCUT2D eigenvalue weighted by Crippen LogP contribution is -2.50. The number of aromatic amines is 1. The van der Waals surface area contributed by atoms with E-state index >= 15 is 0 Å². The molecule has 0 radical (unpaired) electrons. The third-order valence-corrected chi connectivity index (χ3v) is 4.03. The lowest BCUT2D eigenvalue weighted by Gasteiger charge is -2.33. The number of amides is 2. The molecular formula is C13H19N5O2. The number of H-pyrrole nitrogens is 1. The second-order valence-electron chi connectivity index (χ2n) is 5.47. The molecule has 2 aliphatic rings. The van der Waals surface area contributed by atoms with Gasteiger partial charge in [-0.2, -0.15) is 5.10 Å². The summed E-state index contributed by atoms with van der Waals surface area (Å²) >= 11 is 0. The monoisotopic (exact) mass is 277 g/mol. The highest BCUT2D eigenvalue weighted by atomic mass is 16.2. The van der Waals surface area contributed by atoms with E-state index in [2.05, 4.69) is 10.2 Å². The lowest BCUT2D eigenvalue weighted by molar-refractivity contribution is -0.130. The maximum absolute atomic E-state index is 12.4. The van der Waals surface area contributed by atoms with Crippen molar-refractivity contribution in [3.05, 3.63) is 11.4 Å². The summed E-state index contributed by atoms with van der Waals surface area (Å²) in [5, 5.41) is 6.98. The van der Waals surface area contributed by atoms with E-state index in [1.54, 1.807) is 16.7 Å². The van der Waals surface area contributed by atoms with Crippen LogP contribution in [0.2, 0.25) is 0 Å². The number of nitrogens with zero attached hydrogens (tertiary/aromatic N) is 3. The van der Waals surface area contributed by atoms with Crippen molar-refractivity contribution < 1.29 is 9.59 Å². The van der Waals surface area contributed by atoms with Crippen molar-refractivity contribution in [2.75, 3.05) is 31.9 Å². The Morgan fingerprint density at radius 1 is 1.20 bits per heavy atom.